The second-order valence-electron chi connectivity index (χ2n) is 2.52. The normalized spacial score (nSPS) is 13.1. The van der Waals surface area contributed by atoms with Crippen molar-refractivity contribution in [3.8, 4) is 0 Å². The lowest BCUT2D eigenvalue weighted by Gasteiger charge is -1.97. The summed E-state index contributed by atoms with van der Waals surface area (Å²) in [5.41, 5.74) is 1.74. The Bertz CT molecular complexity index is 304. The topological polar surface area (TPSA) is 24.7 Å². The molecule has 0 N–H and O–H groups in total. The van der Waals surface area contributed by atoms with Crippen LogP contribution in [-0.4, -0.2) is 19.5 Å². The third-order valence-electron chi connectivity index (χ3n) is 1.46. The average Bonchev–Trinajstić information content (AvgIpc) is 2.19. The Morgan fingerprint density at radius 1 is 1.36 bits per heavy atom. The van der Waals surface area contributed by atoms with E-state index in [2.05, 4.69) is 23.1 Å². The monoisotopic (exact) mass is 188 g/mol. The molecule has 0 fully saturated rings. The van der Waals surface area contributed by atoms with E-state index in [1.807, 2.05) is 19.1 Å². The molecule has 0 aromatic heterocycles. The first-order valence-electron chi connectivity index (χ1n) is 4.34. The standard InChI is InChI=1S/C12H16N2/c1-5-8-14-10-11(3)12(6-2)7-9-13-4/h5-10H,2-3H2,1,4H3. The van der Waals surface area contributed by atoms with Crippen molar-refractivity contribution in [1.82, 2.24) is 0 Å². The van der Waals surface area contributed by atoms with Crippen molar-refractivity contribution in [3.63, 3.8) is 0 Å². The van der Waals surface area contributed by atoms with Crippen LogP contribution in [0, 0.1) is 0 Å². The Kier molecular flexibility index (Phi) is 6.96. The molecule has 0 aliphatic rings. The molecule has 2 nitrogen and oxygen atoms in total. The van der Waals surface area contributed by atoms with Crippen molar-refractivity contribution in [1.29, 1.82) is 0 Å². The zero-order valence-electron chi connectivity index (χ0n) is 8.77. The third-order valence-corrected chi connectivity index (χ3v) is 1.46. The Labute approximate surface area is 85.8 Å². The molecular weight excluding hydrogens is 172 g/mol. The lowest BCUT2D eigenvalue weighted by Crippen LogP contribution is -1.86. The minimum Gasteiger partial charge on any atom is -0.296 e. The molecule has 0 aliphatic carbocycles. The maximum atomic E-state index is 4.03. The summed E-state index contributed by atoms with van der Waals surface area (Å²) < 4.78 is 0. The van der Waals surface area contributed by atoms with Gasteiger partial charge in [-0.2, -0.15) is 0 Å². The quantitative estimate of drug-likeness (QED) is 0.468. The first-order chi connectivity index (χ1) is 6.76. The van der Waals surface area contributed by atoms with Gasteiger partial charge in [0.05, 0.1) is 0 Å². The van der Waals surface area contributed by atoms with Crippen LogP contribution in [0.25, 0.3) is 0 Å². The first kappa shape index (κ1) is 12.3. The largest absolute Gasteiger partial charge is 0.296 e. The van der Waals surface area contributed by atoms with Gasteiger partial charge in [-0.05, 0) is 24.1 Å². The van der Waals surface area contributed by atoms with Crippen LogP contribution in [0.5, 0.6) is 0 Å². The van der Waals surface area contributed by atoms with Crippen LogP contribution >= 0.6 is 0 Å². The number of nitrogens with zero attached hydrogens (tertiary/aromatic N) is 2. The Morgan fingerprint density at radius 3 is 2.57 bits per heavy atom. The summed E-state index contributed by atoms with van der Waals surface area (Å²) >= 11 is 0. The molecule has 0 aromatic carbocycles. The lowest BCUT2D eigenvalue weighted by molar-refractivity contribution is 1.47. The molecule has 0 aromatic rings. The Balaban J connectivity index is 4.55. The fraction of sp³-hybridized carbons (Fsp3) is 0.167. The number of allylic oxidation sites excluding steroid dienone is 5. The maximum Gasteiger partial charge on any atom is 0.0340 e. The number of aliphatic imine (C=N–C) groups is 2. The molecule has 0 radical (unpaired) electrons. The molecule has 0 unspecified atom stereocenters. The van der Waals surface area contributed by atoms with Crippen molar-refractivity contribution in [2.75, 3.05) is 7.05 Å². The van der Waals surface area contributed by atoms with E-state index in [0.29, 0.717) is 0 Å². The molecule has 0 amide bonds. The van der Waals surface area contributed by atoms with E-state index in [1.54, 1.807) is 31.8 Å². The second-order valence-corrected chi connectivity index (χ2v) is 2.52. The number of hydrogen-bond acceptors (Lipinski definition) is 2. The molecular formula is C12H16N2. The second kappa shape index (κ2) is 7.92. The van der Waals surface area contributed by atoms with E-state index in [-0.39, 0.29) is 0 Å². The van der Waals surface area contributed by atoms with Gasteiger partial charge in [0.1, 0.15) is 0 Å². The molecule has 0 heterocycles. The predicted molar refractivity (Wildman–Crippen MR) is 65.1 cm³/mol. The van der Waals surface area contributed by atoms with Crippen LogP contribution in [0.1, 0.15) is 6.92 Å². The van der Waals surface area contributed by atoms with Crippen molar-refractivity contribution in [3.05, 3.63) is 48.7 Å². The predicted octanol–water partition coefficient (Wildman–Crippen LogP) is 2.96. The van der Waals surface area contributed by atoms with Crippen LogP contribution in [-0.2, 0) is 0 Å². The molecule has 74 valence electrons. The molecule has 0 bridgehead atoms. The number of rotatable bonds is 5. The molecule has 0 aliphatic heterocycles. The summed E-state index contributed by atoms with van der Waals surface area (Å²) in [4.78, 5) is 7.88. The van der Waals surface area contributed by atoms with E-state index in [0.717, 1.165) is 11.1 Å². The van der Waals surface area contributed by atoms with Gasteiger partial charge in [-0.3, -0.25) is 9.98 Å². The third kappa shape index (κ3) is 5.04. The van der Waals surface area contributed by atoms with Crippen LogP contribution in [0.4, 0.5) is 0 Å². The van der Waals surface area contributed by atoms with E-state index in [9.17, 15) is 0 Å². The first-order valence-corrected chi connectivity index (χ1v) is 4.34. The van der Waals surface area contributed by atoms with Crippen molar-refractivity contribution < 1.29 is 0 Å². The maximum absolute atomic E-state index is 4.03. The lowest BCUT2D eigenvalue weighted by atomic mass is 10.1. The van der Waals surface area contributed by atoms with Gasteiger partial charge in [0, 0.05) is 25.7 Å². The highest BCUT2D eigenvalue weighted by atomic mass is 14.7. The van der Waals surface area contributed by atoms with Crippen LogP contribution < -0.4 is 0 Å². The van der Waals surface area contributed by atoms with Gasteiger partial charge in [-0.25, -0.2) is 0 Å². The van der Waals surface area contributed by atoms with Gasteiger partial charge in [-0.1, -0.05) is 25.3 Å². The van der Waals surface area contributed by atoms with Gasteiger partial charge < -0.3 is 0 Å². The fourth-order valence-electron chi connectivity index (χ4n) is 0.755. The molecule has 2 heteroatoms. The fourth-order valence-corrected chi connectivity index (χ4v) is 0.755. The van der Waals surface area contributed by atoms with Gasteiger partial charge >= 0.3 is 0 Å². The SMILES string of the molecule is C=CC(=CC=NC)C(=C)C=NC=CC. The summed E-state index contributed by atoms with van der Waals surface area (Å²) in [5, 5.41) is 0. The minimum atomic E-state index is 0.818. The molecule has 0 spiro atoms. The molecule has 0 rings (SSSR count). The van der Waals surface area contributed by atoms with E-state index in [4.69, 9.17) is 0 Å². The molecule has 0 saturated carbocycles. The number of hydrogen-bond donors (Lipinski definition) is 0. The molecule has 0 atom stereocenters. The summed E-state index contributed by atoms with van der Waals surface area (Å²) in [6.07, 6.45) is 10.5. The zero-order chi connectivity index (χ0) is 10.8. The van der Waals surface area contributed by atoms with Crippen LogP contribution in [0.15, 0.2) is 58.7 Å². The summed E-state index contributed by atoms with van der Waals surface area (Å²) in [6, 6.07) is 0. The highest BCUT2D eigenvalue weighted by Gasteiger charge is 1.92. The summed E-state index contributed by atoms with van der Waals surface area (Å²) in [5.74, 6) is 0. The summed E-state index contributed by atoms with van der Waals surface area (Å²) in [6.45, 7) is 9.47. The summed E-state index contributed by atoms with van der Waals surface area (Å²) in [7, 11) is 1.72. The van der Waals surface area contributed by atoms with Gasteiger partial charge in [0.15, 0.2) is 0 Å². The van der Waals surface area contributed by atoms with Gasteiger partial charge in [0.25, 0.3) is 0 Å². The molecule has 14 heavy (non-hydrogen) atoms. The average molecular weight is 188 g/mol. The Morgan fingerprint density at radius 2 is 2.07 bits per heavy atom. The zero-order valence-corrected chi connectivity index (χ0v) is 8.77. The Hall–Kier alpha value is -1.70. The van der Waals surface area contributed by atoms with E-state index >= 15 is 0 Å². The smallest absolute Gasteiger partial charge is 0.0340 e. The van der Waals surface area contributed by atoms with E-state index < -0.39 is 0 Å². The van der Waals surface area contributed by atoms with Crippen molar-refractivity contribution >= 4 is 12.4 Å². The van der Waals surface area contributed by atoms with Crippen LogP contribution in [0.2, 0.25) is 0 Å². The minimum absolute atomic E-state index is 0.818. The van der Waals surface area contributed by atoms with Gasteiger partial charge in [0.2, 0.25) is 0 Å². The van der Waals surface area contributed by atoms with Gasteiger partial charge in [-0.15, -0.1) is 0 Å². The highest BCUT2D eigenvalue weighted by molar-refractivity contribution is 5.88. The van der Waals surface area contributed by atoms with Crippen molar-refractivity contribution in [2.45, 2.75) is 6.92 Å². The van der Waals surface area contributed by atoms with Crippen LogP contribution in [0.3, 0.4) is 0 Å². The molecule has 0 saturated heterocycles. The van der Waals surface area contributed by atoms with Crippen molar-refractivity contribution in [2.24, 2.45) is 9.98 Å². The highest BCUT2D eigenvalue weighted by Crippen LogP contribution is 2.05. The van der Waals surface area contributed by atoms with E-state index in [1.165, 1.54) is 0 Å².